The van der Waals surface area contributed by atoms with Gasteiger partial charge in [-0.1, -0.05) is 60.7 Å². The molecular formula is C16H16ClNO. The maximum atomic E-state index is 12.1. The van der Waals surface area contributed by atoms with E-state index in [1.807, 2.05) is 67.6 Å². The Hall–Kier alpha value is -1.80. The van der Waals surface area contributed by atoms with Gasteiger partial charge in [0.05, 0.1) is 6.04 Å². The van der Waals surface area contributed by atoms with Gasteiger partial charge in [0.25, 0.3) is 0 Å². The van der Waals surface area contributed by atoms with Crippen molar-refractivity contribution < 1.29 is 4.79 Å². The van der Waals surface area contributed by atoms with E-state index in [9.17, 15) is 4.79 Å². The fourth-order valence-electron chi connectivity index (χ4n) is 1.88. The lowest BCUT2D eigenvalue weighted by atomic mass is 10.1. The quantitative estimate of drug-likeness (QED) is 0.843. The van der Waals surface area contributed by atoms with Gasteiger partial charge in [-0.25, -0.2) is 0 Å². The van der Waals surface area contributed by atoms with E-state index in [0.717, 1.165) is 11.1 Å². The lowest BCUT2D eigenvalue weighted by Crippen LogP contribution is -2.29. The summed E-state index contributed by atoms with van der Waals surface area (Å²) in [5, 5.41) is 2.26. The molecule has 0 saturated carbocycles. The summed E-state index contributed by atoms with van der Waals surface area (Å²) in [5.41, 5.74) is 1.87. The number of hydrogen-bond acceptors (Lipinski definition) is 1. The van der Waals surface area contributed by atoms with Crippen LogP contribution in [-0.2, 0) is 4.79 Å². The summed E-state index contributed by atoms with van der Waals surface area (Å²) in [6, 6.07) is 19.1. The highest BCUT2D eigenvalue weighted by molar-refractivity contribution is 6.30. The standard InChI is InChI=1S/C16H16ClNO/c1-12(13-8-4-2-5-9-13)18-16(19)15(17)14-10-6-3-7-11-14/h2-12,15H,1H3,(H,18,19)/t12-,15?/m1/s1. The van der Waals surface area contributed by atoms with E-state index in [1.54, 1.807) is 0 Å². The molecule has 19 heavy (non-hydrogen) atoms. The summed E-state index contributed by atoms with van der Waals surface area (Å²) in [7, 11) is 0. The lowest BCUT2D eigenvalue weighted by Gasteiger charge is -2.17. The number of rotatable bonds is 4. The van der Waals surface area contributed by atoms with Crippen molar-refractivity contribution in [3.8, 4) is 0 Å². The van der Waals surface area contributed by atoms with Gasteiger partial charge in [-0.3, -0.25) is 4.79 Å². The highest BCUT2D eigenvalue weighted by atomic mass is 35.5. The summed E-state index contributed by atoms with van der Waals surface area (Å²) in [5.74, 6) is -0.177. The first-order chi connectivity index (χ1) is 9.18. The van der Waals surface area contributed by atoms with Crippen LogP contribution in [0.2, 0.25) is 0 Å². The minimum absolute atomic E-state index is 0.0568. The number of carbonyl (C=O) groups excluding carboxylic acids is 1. The van der Waals surface area contributed by atoms with Gasteiger partial charge in [0.1, 0.15) is 5.38 Å². The molecule has 0 spiro atoms. The molecule has 0 heterocycles. The monoisotopic (exact) mass is 273 g/mol. The van der Waals surface area contributed by atoms with Crippen LogP contribution in [0.4, 0.5) is 0 Å². The minimum Gasteiger partial charge on any atom is -0.348 e. The molecule has 1 amide bonds. The average Bonchev–Trinajstić information content (AvgIpc) is 2.48. The van der Waals surface area contributed by atoms with E-state index in [2.05, 4.69) is 5.32 Å². The zero-order chi connectivity index (χ0) is 13.7. The van der Waals surface area contributed by atoms with Crippen LogP contribution in [-0.4, -0.2) is 5.91 Å². The fourth-order valence-corrected chi connectivity index (χ4v) is 2.09. The predicted molar refractivity (Wildman–Crippen MR) is 78.0 cm³/mol. The lowest BCUT2D eigenvalue weighted by molar-refractivity contribution is -0.121. The maximum absolute atomic E-state index is 12.1. The fraction of sp³-hybridized carbons (Fsp3) is 0.188. The predicted octanol–water partition coefficient (Wildman–Crippen LogP) is 3.84. The molecule has 1 unspecified atom stereocenters. The Bertz CT molecular complexity index is 527. The molecule has 98 valence electrons. The Balaban J connectivity index is 2.02. The van der Waals surface area contributed by atoms with Crippen molar-refractivity contribution >= 4 is 17.5 Å². The second-order valence-electron chi connectivity index (χ2n) is 4.41. The van der Waals surface area contributed by atoms with Crippen LogP contribution in [0.1, 0.15) is 29.5 Å². The summed E-state index contributed by atoms with van der Waals surface area (Å²) in [4.78, 5) is 12.1. The zero-order valence-electron chi connectivity index (χ0n) is 10.7. The highest BCUT2D eigenvalue weighted by Crippen LogP contribution is 2.21. The van der Waals surface area contributed by atoms with Crippen LogP contribution in [0.3, 0.4) is 0 Å². The number of alkyl halides is 1. The normalized spacial score (nSPS) is 13.6. The third kappa shape index (κ3) is 3.58. The number of halogens is 1. The van der Waals surface area contributed by atoms with Crippen LogP contribution in [0.5, 0.6) is 0 Å². The molecule has 0 aliphatic heterocycles. The molecule has 0 aliphatic rings. The Morgan fingerprint density at radius 3 is 1.95 bits per heavy atom. The second-order valence-corrected chi connectivity index (χ2v) is 4.85. The third-order valence-corrected chi connectivity index (χ3v) is 3.43. The number of amides is 1. The van der Waals surface area contributed by atoms with Crippen LogP contribution >= 0.6 is 11.6 Å². The Labute approximate surface area is 118 Å². The molecular weight excluding hydrogens is 258 g/mol. The van der Waals surface area contributed by atoms with Crippen molar-refractivity contribution in [3.63, 3.8) is 0 Å². The van der Waals surface area contributed by atoms with E-state index < -0.39 is 5.38 Å². The van der Waals surface area contributed by atoms with Gasteiger partial charge < -0.3 is 5.32 Å². The number of carbonyl (C=O) groups is 1. The van der Waals surface area contributed by atoms with E-state index in [-0.39, 0.29) is 11.9 Å². The van der Waals surface area contributed by atoms with E-state index in [4.69, 9.17) is 11.6 Å². The van der Waals surface area contributed by atoms with Gasteiger partial charge in [0.2, 0.25) is 5.91 Å². The smallest absolute Gasteiger partial charge is 0.243 e. The first-order valence-electron chi connectivity index (χ1n) is 6.23. The van der Waals surface area contributed by atoms with Crippen molar-refractivity contribution in [2.24, 2.45) is 0 Å². The molecule has 2 rings (SSSR count). The maximum Gasteiger partial charge on any atom is 0.243 e. The van der Waals surface area contributed by atoms with Crippen molar-refractivity contribution in [3.05, 3.63) is 71.8 Å². The first-order valence-corrected chi connectivity index (χ1v) is 6.66. The number of benzene rings is 2. The summed E-state index contributed by atoms with van der Waals surface area (Å²) < 4.78 is 0. The number of nitrogens with one attached hydrogen (secondary N) is 1. The van der Waals surface area contributed by atoms with Crippen LogP contribution < -0.4 is 5.32 Å². The molecule has 2 atom stereocenters. The Morgan fingerprint density at radius 1 is 0.947 bits per heavy atom. The molecule has 2 aromatic carbocycles. The van der Waals surface area contributed by atoms with Gasteiger partial charge in [0, 0.05) is 0 Å². The van der Waals surface area contributed by atoms with Gasteiger partial charge in [-0.15, -0.1) is 11.6 Å². The molecule has 0 fully saturated rings. The van der Waals surface area contributed by atoms with Crippen molar-refractivity contribution in [1.82, 2.24) is 5.32 Å². The molecule has 0 bridgehead atoms. The molecule has 0 aromatic heterocycles. The minimum atomic E-state index is -0.660. The SMILES string of the molecule is C[C@@H](NC(=O)C(Cl)c1ccccc1)c1ccccc1. The van der Waals surface area contributed by atoms with Crippen molar-refractivity contribution in [2.45, 2.75) is 18.3 Å². The van der Waals surface area contributed by atoms with Crippen molar-refractivity contribution in [2.75, 3.05) is 0 Å². The Kier molecular flexibility index (Phi) is 4.58. The van der Waals surface area contributed by atoms with Gasteiger partial charge >= 0.3 is 0 Å². The zero-order valence-corrected chi connectivity index (χ0v) is 11.5. The number of hydrogen-bond donors (Lipinski definition) is 1. The largest absolute Gasteiger partial charge is 0.348 e. The van der Waals surface area contributed by atoms with E-state index in [0.29, 0.717) is 0 Å². The van der Waals surface area contributed by atoms with Gasteiger partial charge in [-0.05, 0) is 18.1 Å². The molecule has 0 radical (unpaired) electrons. The second kappa shape index (κ2) is 6.39. The molecule has 1 N–H and O–H groups in total. The molecule has 0 aliphatic carbocycles. The van der Waals surface area contributed by atoms with Gasteiger partial charge in [0.15, 0.2) is 0 Å². The van der Waals surface area contributed by atoms with Crippen LogP contribution in [0.25, 0.3) is 0 Å². The third-order valence-electron chi connectivity index (χ3n) is 2.98. The summed E-state index contributed by atoms with van der Waals surface area (Å²) in [6.45, 7) is 1.95. The molecule has 3 heteroatoms. The molecule has 2 aromatic rings. The highest BCUT2D eigenvalue weighted by Gasteiger charge is 2.19. The van der Waals surface area contributed by atoms with Crippen LogP contribution in [0, 0.1) is 0 Å². The molecule has 2 nitrogen and oxygen atoms in total. The van der Waals surface area contributed by atoms with E-state index in [1.165, 1.54) is 0 Å². The average molecular weight is 274 g/mol. The Morgan fingerprint density at radius 2 is 1.42 bits per heavy atom. The summed E-state index contributed by atoms with van der Waals surface area (Å²) in [6.07, 6.45) is 0. The molecule has 0 saturated heterocycles. The first kappa shape index (κ1) is 13.6. The summed E-state index contributed by atoms with van der Waals surface area (Å²) >= 11 is 6.18. The van der Waals surface area contributed by atoms with Crippen molar-refractivity contribution in [1.29, 1.82) is 0 Å². The topological polar surface area (TPSA) is 29.1 Å². The van der Waals surface area contributed by atoms with E-state index >= 15 is 0 Å². The van der Waals surface area contributed by atoms with Crippen LogP contribution in [0.15, 0.2) is 60.7 Å². The van der Waals surface area contributed by atoms with Gasteiger partial charge in [-0.2, -0.15) is 0 Å².